The summed E-state index contributed by atoms with van der Waals surface area (Å²) in [4.78, 5) is 25.5. The van der Waals surface area contributed by atoms with Crippen LogP contribution in [0.1, 0.15) is 20.7 Å². The molecule has 0 saturated carbocycles. The van der Waals surface area contributed by atoms with E-state index in [2.05, 4.69) is 0 Å². The van der Waals surface area contributed by atoms with Gasteiger partial charge in [-0.05, 0) is 12.1 Å². The molecule has 1 saturated heterocycles. The highest BCUT2D eigenvalue weighted by atomic mass is 16.5. The van der Waals surface area contributed by atoms with Crippen LogP contribution >= 0.6 is 0 Å². The highest BCUT2D eigenvalue weighted by molar-refractivity contribution is 6.21. The molecule has 17 heavy (non-hydrogen) atoms. The molecule has 2 aliphatic rings. The van der Waals surface area contributed by atoms with Crippen molar-refractivity contribution in [2.75, 3.05) is 13.2 Å². The van der Waals surface area contributed by atoms with E-state index in [1.807, 2.05) is 0 Å². The number of fused-ring (bicyclic) bond motifs is 1. The third-order valence-corrected chi connectivity index (χ3v) is 3.25. The lowest BCUT2D eigenvalue weighted by atomic mass is 10.1. The number of hydrogen-bond donors (Lipinski definition) is 1. The molecule has 0 bridgehead atoms. The van der Waals surface area contributed by atoms with Gasteiger partial charge in [-0.1, -0.05) is 12.1 Å². The molecule has 2 heterocycles. The Morgan fingerprint density at radius 3 is 2.18 bits per heavy atom. The number of ether oxygens (including phenoxy) is 1. The first kappa shape index (κ1) is 10.4. The fourth-order valence-electron chi connectivity index (χ4n) is 2.33. The largest absolute Gasteiger partial charge is 0.378 e. The summed E-state index contributed by atoms with van der Waals surface area (Å²) in [6.07, 6.45) is 0. The summed E-state index contributed by atoms with van der Waals surface area (Å²) < 4.78 is 5.21. The maximum atomic E-state index is 12.1. The molecule has 2 N–H and O–H groups in total. The number of nitrogens with zero attached hydrogens (tertiary/aromatic N) is 1. The van der Waals surface area contributed by atoms with Crippen LogP contribution < -0.4 is 5.73 Å². The minimum atomic E-state index is -0.345. The van der Waals surface area contributed by atoms with Crippen LogP contribution in [0.15, 0.2) is 24.3 Å². The number of amides is 2. The van der Waals surface area contributed by atoms with E-state index >= 15 is 0 Å². The monoisotopic (exact) mass is 232 g/mol. The Hall–Kier alpha value is -1.72. The van der Waals surface area contributed by atoms with E-state index in [1.54, 1.807) is 24.3 Å². The van der Waals surface area contributed by atoms with Gasteiger partial charge in [-0.25, -0.2) is 0 Å². The molecule has 2 aliphatic heterocycles. The lowest BCUT2D eigenvalue weighted by Gasteiger charge is -2.23. The highest BCUT2D eigenvalue weighted by Gasteiger charge is 2.43. The Morgan fingerprint density at radius 1 is 1.12 bits per heavy atom. The number of carbonyl (C=O) groups excluding carboxylic acids is 2. The lowest BCUT2D eigenvalue weighted by Crippen LogP contribution is -2.49. The number of imide groups is 1. The molecule has 3 rings (SSSR count). The van der Waals surface area contributed by atoms with Crippen molar-refractivity contribution in [2.45, 2.75) is 12.1 Å². The van der Waals surface area contributed by atoms with Crippen molar-refractivity contribution in [3.63, 3.8) is 0 Å². The van der Waals surface area contributed by atoms with Crippen LogP contribution in [-0.4, -0.2) is 42.0 Å². The summed E-state index contributed by atoms with van der Waals surface area (Å²) in [7, 11) is 0. The Kier molecular flexibility index (Phi) is 2.24. The Bertz CT molecular complexity index is 465. The summed E-state index contributed by atoms with van der Waals surface area (Å²) in [6, 6.07) is 6.19. The summed E-state index contributed by atoms with van der Waals surface area (Å²) in [5, 5.41) is 0. The van der Waals surface area contributed by atoms with E-state index in [0.29, 0.717) is 24.3 Å². The zero-order chi connectivity index (χ0) is 12.0. The Balaban J connectivity index is 2.00. The number of nitrogens with two attached hydrogens (primary N) is 1. The van der Waals surface area contributed by atoms with Crippen molar-refractivity contribution in [1.29, 1.82) is 0 Å². The molecule has 88 valence electrons. The van der Waals surface area contributed by atoms with Gasteiger partial charge in [0, 0.05) is 0 Å². The maximum Gasteiger partial charge on any atom is 0.261 e. The molecule has 1 aromatic carbocycles. The average Bonchev–Trinajstić information content (AvgIpc) is 2.84. The molecule has 1 aromatic rings. The number of rotatable bonds is 1. The predicted octanol–water partition coefficient (Wildman–Crippen LogP) is 0.00870. The normalized spacial score (nSPS) is 27.7. The number of carbonyl (C=O) groups is 2. The number of benzene rings is 1. The van der Waals surface area contributed by atoms with Gasteiger partial charge in [-0.3, -0.25) is 14.5 Å². The van der Waals surface area contributed by atoms with Crippen molar-refractivity contribution in [3.05, 3.63) is 35.4 Å². The third-order valence-electron chi connectivity index (χ3n) is 3.25. The van der Waals surface area contributed by atoms with E-state index in [1.165, 1.54) is 4.90 Å². The lowest BCUT2D eigenvalue weighted by molar-refractivity contribution is 0.0558. The number of hydrogen-bond acceptors (Lipinski definition) is 4. The Morgan fingerprint density at radius 2 is 1.71 bits per heavy atom. The molecule has 5 nitrogen and oxygen atoms in total. The second kappa shape index (κ2) is 3.65. The molecule has 2 unspecified atom stereocenters. The first-order chi connectivity index (χ1) is 8.20. The molecule has 2 amide bonds. The van der Waals surface area contributed by atoms with Crippen LogP contribution in [0.2, 0.25) is 0 Å². The molecule has 2 atom stereocenters. The van der Waals surface area contributed by atoms with Crippen molar-refractivity contribution < 1.29 is 14.3 Å². The van der Waals surface area contributed by atoms with E-state index in [-0.39, 0.29) is 23.9 Å². The zero-order valence-corrected chi connectivity index (χ0v) is 9.13. The van der Waals surface area contributed by atoms with Gasteiger partial charge < -0.3 is 10.5 Å². The van der Waals surface area contributed by atoms with Gasteiger partial charge in [0.1, 0.15) is 0 Å². The second-order valence-corrected chi connectivity index (χ2v) is 4.29. The predicted molar refractivity (Wildman–Crippen MR) is 59.5 cm³/mol. The molecule has 0 aromatic heterocycles. The fraction of sp³-hybridized carbons (Fsp3) is 0.333. The first-order valence-corrected chi connectivity index (χ1v) is 5.50. The van der Waals surface area contributed by atoms with Crippen LogP contribution in [0.4, 0.5) is 0 Å². The molecule has 5 heteroatoms. The SMILES string of the molecule is NC1COCC1N1C(=O)c2ccccc2C1=O. The minimum absolute atomic E-state index is 0.267. The van der Waals surface area contributed by atoms with Crippen molar-refractivity contribution in [1.82, 2.24) is 4.90 Å². The molecule has 1 fully saturated rings. The highest BCUT2D eigenvalue weighted by Crippen LogP contribution is 2.26. The smallest absolute Gasteiger partial charge is 0.261 e. The van der Waals surface area contributed by atoms with Crippen LogP contribution in [0.5, 0.6) is 0 Å². The van der Waals surface area contributed by atoms with E-state index in [0.717, 1.165) is 0 Å². The Labute approximate surface area is 98.1 Å². The average molecular weight is 232 g/mol. The standard InChI is InChI=1S/C12H12N2O3/c13-9-5-17-6-10(9)14-11(15)7-3-1-2-4-8(7)12(14)16/h1-4,9-10H,5-6,13H2. The van der Waals surface area contributed by atoms with Crippen molar-refractivity contribution in [3.8, 4) is 0 Å². The second-order valence-electron chi connectivity index (χ2n) is 4.29. The van der Waals surface area contributed by atoms with Crippen LogP contribution in [0.3, 0.4) is 0 Å². The van der Waals surface area contributed by atoms with Gasteiger partial charge >= 0.3 is 0 Å². The summed E-state index contributed by atoms with van der Waals surface area (Å²) >= 11 is 0. The molecule has 0 aliphatic carbocycles. The van der Waals surface area contributed by atoms with E-state index < -0.39 is 0 Å². The summed E-state index contributed by atoms with van der Waals surface area (Å²) in [6.45, 7) is 0.713. The van der Waals surface area contributed by atoms with Crippen LogP contribution in [-0.2, 0) is 4.74 Å². The van der Waals surface area contributed by atoms with Gasteiger partial charge in [-0.15, -0.1) is 0 Å². The quantitative estimate of drug-likeness (QED) is 0.692. The first-order valence-electron chi connectivity index (χ1n) is 5.50. The summed E-state index contributed by atoms with van der Waals surface area (Å²) in [5.41, 5.74) is 6.76. The van der Waals surface area contributed by atoms with Gasteiger partial charge in [0.05, 0.1) is 36.4 Å². The van der Waals surface area contributed by atoms with Gasteiger partial charge in [0.15, 0.2) is 0 Å². The van der Waals surface area contributed by atoms with E-state index in [4.69, 9.17) is 10.5 Å². The van der Waals surface area contributed by atoms with Crippen molar-refractivity contribution >= 4 is 11.8 Å². The minimum Gasteiger partial charge on any atom is -0.378 e. The van der Waals surface area contributed by atoms with Gasteiger partial charge in [0.2, 0.25) is 0 Å². The molecular formula is C12H12N2O3. The van der Waals surface area contributed by atoms with Crippen LogP contribution in [0.25, 0.3) is 0 Å². The van der Waals surface area contributed by atoms with Crippen molar-refractivity contribution in [2.24, 2.45) is 5.73 Å². The fourth-order valence-corrected chi connectivity index (χ4v) is 2.33. The van der Waals surface area contributed by atoms with Gasteiger partial charge in [-0.2, -0.15) is 0 Å². The summed E-state index contributed by atoms with van der Waals surface area (Å²) in [5.74, 6) is -0.534. The molecule has 0 spiro atoms. The molecule has 0 radical (unpaired) electrons. The van der Waals surface area contributed by atoms with E-state index in [9.17, 15) is 9.59 Å². The third kappa shape index (κ3) is 1.40. The maximum absolute atomic E-state index is 12.1. The van der Waals surface area contributed by atoms with Gasteiger partial charge in [0.25, 0.3) is 11.8 Å². The zero-order valence-electron chi connectivity index (χ0n) is 9.13. The van der Waals surface area contributed by atoms with Crippen LogP contribution in [0, 0.1) is 0 Å². The topological polar surface area (TPSA) is 72.6 Å². The molecular weight excluding hydrogens is 220 g/mol.